The van der Waals surface area contributed by atoms with Gasteiger partial charge in [0.05, 0.1) is 16.6 Å². The normalized spacial score (nSPS) is 10.8. The van der Waals surface area contributed by atoms with Crippen molar-refractivity contribution in [2.75, 3.05) is 5.73 Å². The summed E-state index contributed by atoms with van der Waals surface area (Å²) in [5.74, 6) is -0.386. The lowest BCUT2D eigenvalue weighted by Crippen LogP contribution is -2.23. The third-order valence-corrected chi connectivity index (χ3v) is 6.01. The molecule has 3 aromatic heterocycles. The van der Waals surface area contributed by atoms with E-state index in [4.69, 9.17) is 11.5 Å². The zero-order valence-electron chi connectivity index (χ0n) is 19.6. The molecule has 2 amide bonds. The van der Waals surface area contributed by atoms with Crippen LogP contribution in [0.4, 0.5) is 5.82 Å². The number of aromatic nitrogens is 3. The van der Waals surface area contributed by atoms with Crippen LogP contribution in [0.3, 0.4) is 0 Å². The highest BCUT2D eigenvalue weighted by molar-refractivity contribution is 6.05. The minimum atomic E-state index is -0.613. The number of benzene rings is 2. The van der Waals surface area contributed by atoms with Crippen molar-refractivity contribution < 1.29 is 9.59 Å². The van der Waals surface area contributed by atoms with Gasteiger partial charge in [0.25, 0.3) is 11.8 Å². The molecule has 0 saturated carbocycles. The second-order valence-corrected chi connectivity index (χ2v) is 8.56. The third-order valence-electron chi connectivity index (χ3n) is 6.01. The molecule has 9 heteroatoms. The van der Waals surface area contributed by atoms with E-state index in [1.165, 1.54) is 6.20 Å². The molecule has 0 radical (unpaired) electrons. The van der Waals surface area contributed by atoms with Crippen LogP contribution in [0, 0.1) is 11.3 Å². The summed E-state index contributed by atoms with van der Waals surface area (Å²) in [6.45, 7) is 0.343. The van der Waals surface area contributed by atoms with Crippen LogP contribution < -0.4 is 16.8 Å². The van der Waals surface area contributed by atoms with E-state index in [0.717, 1.165) is 21.9 Å². The van der Waals surface area contributed by atoms with Crippen molar-refractivity contribution in [1.82, 2.24) is 20.3 Å². The molecule has 5 rings (SSSR count). The van der Waals surface area contributed by atoms with Crippen LogP contribution >= 0.6 is 0 Å². The highest BCUT2D eigenvalue weighted by Gasteiger charge is 2.13. The molecule has 0 aliphatic heterocycles. The maximum absolute atomic E-state index is 12.9. The first-order valence-corrected chi connectivity index (χ1v) is 11.4. The van der Waals surface area contributed by atoms with E-state index < -0.39 is 5.91 Å². The first-order valence-electron chi connectivity index (χ1n) is 11.4. The Morgan fingerprint density at radius 1 is 0.919 bits per heavy atom. The molecule has 37 heavy (non-hydrogen) atoms. The zero-order chi connectivity index (χ0) is 25.9. The Morgan fingerprint density at radius 2 is 1.73 bits per heavy atom. The number of nitrogens with one attached hydrogen (secondary N) is 1. The number of fused-ring (bicyclic) bond motifs is 2. The Kier molecular flexibility index (Phi) is 6.14. The van der Waals surface area contributed by atoms with Crippen molar-refractivity contribution in [3.05, 3.63) is 107 Å². The fourth-order valence-electron chi connectivity index (χ4n) is 4.23. The Morgan fingerprint density at radius 3 is 2.54 bits per heavy atom. The second-order valence-electron chi connectivity index (χ2n) is 8.56. The van der Waals surface area contributed by atoms with E-state index >= 15 is 0 Å². The molecule has 0 atom stereocenters. The lowest BCUT2D eigenvalue weighted by molar-refractivity contribution is 0.0949. The number of nitrogens with zero attached hydrogens (tertiary/aromatic N) is 4. The highest BCUT2D eigenvalue weighted by Crippen LogP contribution is 2.23. The van der Waals surface area contributed by atoms with Crippen molar-refractivity contribution in [2.24, 2.45) is 5.73 Å². The SMILES string of the molecule is N#Cc1cnc2c(C(N)=O)cc(Cc3cc(C(=O)NCc4ccc5c(N)nccc5c4)ccn3)cc2c1. The molecule has 5 aromatic rings. The molecule has 0 aliphatic rings. The summed E-state index contributed by atoms with van der Waals surface area (Å²) >= 11 is 0. The number of primary amides is 1. The van der Waals surface area contributed by atoms with E-state index in [1.807, 2.05) is 36.4 Å². The molecule has 3 heterocycles. The van der Waals surface area contributed by atoms with Crippen LogP contribution in [0.5, 0.6) is 0 Å². The molecule has 0 aliphatic carbocycles. The maximum Gasteiger partial charge on any atom is 0.251 e. The van der Waals surface area contributed by atoms with Crippen LogP contribution in [0.15, 0.2) is 73.2 Å². The number of amides is 2. The molecule has 180 valence electrons. The highest BCUT2D eigenvalue weighted by atomic mass is 16.2. The van der Waals surface area contributed by atoms with Gasteiger partial charge in [0, 0.05) is 53.6 Å². The van der Waals surface area contributed by atoms with Crippen molar-refractivity contribution in [1.29, 1.82) is 5.26 Å². The predicted octanol–water partition coefficient (Wildman–Crippen LogP) is 3.25. The Labute approximate surface area is 211 Å². The van der Waals surface area contributed by atoms with E-state index in [-0.39, 0.29) is 11.5 Å². The molecule has 0 saturated heterocycles. The van der Waals surface area contributed by atoms with Gasteiger partial charge < -0.3 is 16.8 Å². The number of rotatable bonds is 6. The number of hydrogen-bond acceptors (Lipinski definition) is 7. The molecule has 5 N–H and O–H groups in total. The molecule has 9 nitrogen and oxygen atoms in total. The van der Waals surface area contributed by atoms with Gasteiger partial charge in [0.1, 0.15) is 11.9 Å². The van der Waals surface area contributed by atoms with E-state index in [2.05, 4.69) is 20.3 Å². The fourth-order valence-corrected chi connectivity index (χ4v) is 4.23. The second kappa shape index (κ2) is 9.71. The van der Waals surface area contributed by atoms with E-state index in [0.29, 0.717) is 46.5 Å². The van der Waals surface area contributed by atoms with E-state index in [1.54, 1.807) is 36.7 Å². The number of hydrogen-bond donors (Lipinski definition) is 3. The number of pyridine rings is 3. The summed E-state index contributed by atoms with van der Waals surface area (Å²) in [7, 11) is 0. The maximum atomic E-state index is 12.9. The molecule has 0 bridgehead atoms. The van der Waals surface area contributed by atoms with Crippen LogP contribution in [0.2, 0.25) is 0 Å². The number of nitriles is 1. The largest absolute Gasteiger partial charge is 0.383 e. The summed E-state index contributed by atoms with van der Waals surface area (Å²) in [5.41, 5.74) is 15.4. The lowest BCUT2D eigenvalue weighted by atomic mass is 10.00. The number of nitrogen functional groups attached to an aromatic ring is 1. The third kappa shape index (κ3) is 4.90. The Balaban J connectivity index is 1.35. The zero-order valence-corrected chi connectivity index (χ0v) is 19.6. The first kappa shape index (κ1) is 23.4. The van der Waals surface area contributed by atoms with Gasteiger partial charge in [-0.1, -0.05) is 12.1 Å². The van der Waals surface area contributed by atoms with Crippen LogP contribution in [0.1, 0.15) is 43.1 Å². The Hall–Kier alpha value is -5.36. The van der Waals surface area contributed by atoms with Crippen molar-refractivity contribution in [2.45, 2.75) is 13.0 Å². The predicted molar refractivity (Wildman–Crippen MR) is 139 cm³/mol. The molecule has 2 aromatic carbocycles. The molecule has 0 spiro atoms. The summed E-state index contributed by atoms with van der Waals surface area (Å²) in [4.78, 5) is 37.6. The fraction of sp³-hybridized carbons (Fsp3) is 0.0714. The van der Waals surface area contributed by atoms with Crippen LogP contribution in [0.25, 0.3) is 21.7 Å². The van der Waals surface area contributed by atoms with Gasteiger partial charge in [-0.3, -0.25) is 19.6 Å². The Bertz CT molecular complexity index is 1740. The van der Waals surface area contributed by atoms with Gasteiger partial charge in [-0.2, -0.15) is 5.26 Å². The van der Waals surface area contributed by atoms with Gasteiger partial charge in [0.15, 0.2) is 0 Å². The topological polar surface area (TPSA) is 161 Å². The molecule has 0 fully saturated rings. The van der Waals surface area contributed by atoms with Crippen molar-refractivity contribution in [3.63, 3.8) is 0 Å². The monoisotopic (exact) mass is 487 g/mol. The molecule has 0 unspecified atom stereocenters. The van der Waals surface area contributed by atoms with Gasteiger partial charge in [-0.25, -0.2) is 4.98 Å². The first-order chi connectivity index (χ1) is 17.9. The standard InChI is InChI=1S/C28H21N7O2/c29-13-18-9-21-8-17(11-24(27(31)36)25(21)34-15-18)10-22-12-20(4-5-32-22)28(37)35-14-16-1-2-23-19(7-16)3-6-33-26(23)30/h1-9,11-12,15H,10,14H2,(H2,30,33)(H2,31,36)(H,35,37). The number of carbonyl (C=O) groups is 2. The van der Waals surface area contributed by atoms with Crippen molar-refractivity contribution in [3.8, 4) is 6.07 Å². The molecular formula is C28H21N7O2. The van der Waals surface area contributed by atoms with Gasteiger partial charge >= 0.3 is 0 Å². The van der Waals surface area contributed by atoms with Gasteiger partial charge in [-0.15, -0.1) is 0 Å². The number of anilines is 1. The van der Waals surface area contributed by atoms with E-state index in [9.17, 15) is 14.9 Å². The number of carbonyl (C=O) groups excluding carboxylic acids is 2. The smallest absolute Gasteiger partial charge is 0.251 e. The average molecular weight is 488 g/mol. The summed E-state index contributed by atoms with van der Waals surface area (Å²) in [5, 5.41) is 14.6. The van der Waals surface area contributed by atoms with Gasteiger partial charge in [-0.05, 0) is 59.0 Å². The summed E-state index contributed by atoms with van der Waals surface area (Å²) in [6.07, 6.45) is 4.98. The van der Waals surface area contributed by atoms with Crippen molar-refractivity contribution >= 4 is 39.3 Å². The van der Waals surface area contributed by atoms with Gasteiger partial charge in [0.2, 0.25) is 0 Å². The quantitative estimate of drug-likeness (QED) is 0.331. The minimum absolute atomic E-state index is 0.239. The molecular weight excluding hydrogens is 466 g/mol. The number of nitrogens with two attached hydrogens (primary N) is 2. The summed E-state index contributed by atoms with van der Waals surface area (Å²) < 4.78 is 0. The average Bonchev–Trinajstić information content (AvgIpc) is 2.91. The summed E-state index contributed by atoms with van der Waals surface area (Å²) in [6, 6.07) is 18.2. The van der Waals surface area contributed by atoms with Crippen LogP contribution in [-0.4, -0.2) is 26.8 Å². The lowest BCUT2D eigenvalue weighted by Gasteiger charge is -2.10. The van der Waals surface area contributed by atoms with Crippen LogP contribution in [-0.2, 0) is 13.0 Å². The minimum Gasteiger partial charge on any atom is -0.383 e.